The maximum absolute atomic E-state index is 13.0. The van der Waals surface area contributed by atoms with Crippen LogP contribution in [0.5, 0.6) is 0 Å². The molecule has 128 valence electrons. The average Bonchev–Trinajstić information content (AvgIpc) is 2.83. The van der Waals surface area contributed by atoms with E-state index < -0.39 is 21.7 Å². The number of benzene rings is 1. The third-order valence-corrected chi connectivity index (χ3v) is 6.77. The Morgan fingerprint density at radius 3 is 2.62 bits per heavy atom. The lowest BCUT2D eigenvalue weighted by molar-refractivity contribution is 0.100. The van der Waals surface area contributed by atoms with Gasteiger partial charge in [-0.1, -0.05) is 6.92 Å². The van der Waals surface area contributed by atoms with Gasteiger partial charge >= 0.3 is 0 Å². The number of amides is 1. The molecule has 0 saturated heterocycles. The molecule has 3 N–H and O–H groups in total. The number of carbonyl (C=O) groups is 1. The molecule has 1 amide bonds. The van der Waals surface area contributed by atoms with Crippen molar-refractivity contribution >= 4 is 32.3 Å². The van der Waals surface area contributed by atoms with E-state index in [1.165, 1.54) is 23.5 Å². The fraction of sp³-hybridized carbons (Fsp3) is 0.312. The van der Waals surface area contributed by atoms with Gasteiger partial charge in [0.2, 0.25) is 0 Å². The van der Waals surface area contributed by atoms with Crippen LogP contribution in [0.25, 0.3) is 0 Å². The van der Waals surface area contributed by atoms with Crippen LogP contribution in [0.15, 0.2) is 29.2 Å². The van der Waals surface area contributed by atoms with Gasteiger partial charge in [-0.15, -0.1) is 11.3 Å². The Balaban J connectivity index is 2.00. The summed E-state index contributed by atoms with van der Waals surface area (Å²) in [6.45, 7) is 2.12. The van der Waals surface area contributed by atoms with E-state index in [9.17, 15) is 17.6 Å². The summed E-state index contributed by atoms with van der Waals surface area (Å²) >= 11 is 1.25. The zero-order chi connectivity index (χ0) is 17.5. The summed E-state index contributed by atoms with van der Waals surface area (Å²) in [5.74, 6) is -0.676. The Labute approximate surface area is 143 Å². The highest BCUT2D eigenvalue weighted by Crippen LogP contribution is 2.40. The van der Waals surface area contributed by atoms with Crippen LogP contribution in [0.1, 0.15) is 34.1 Å². The quantitative estimate of drug-likeness (QED) is 0.869. The first kappa shape index (κ1) is 16.9. The van der Waals surface area contributed by atoms with Gasteiger partial charge in [-0.2, -0.15) is 0 Å². The minimum atomic E-state index is -3.91. The number of nitrogens with one attached hydrogen (secondary N) is 1. The molecular formula is C16H17FN2O3S2. The Kier molecular flexibility index (Phi) is 4.35. The van der Waals surface area contributed by atoms with E-state index in [-0.39, 0.29) is 15.5 Å². The van der Waals surface area contributed by atoms with Crippen LogP contribution >= 0.6 is 11.3 Å². The topological polar surface area (TPSA) is 89.3 Å². The number of thiophene rings is 1. The van der Waals surface area contributed by atoms with Crippen molar-refractivity contribution in [1.82, 2.24) is 0 Å². The van der Waals surface area contributed by atoms with Gasteiger partial charge in [0.25, 0.3) is 15.9 Å². The number of hydrogen-bond donors (Lipinski definition) is 2. The van der Waals surface area contributed by atoms with E-state index >= 15 is 0 Å². The minimum absolute atomic E-state index is 0.0703. The van der Waals surface area contributed by atoms with Crippen molar-refractivity contribution in [3.05, 3.63) is 46.1 Å². The fourth-order valence-electron chi connectivity index (χ4n) is 2.88. The second-order valence-corrected chi connectivity index (χ2v) is 8.77. The summed E-state index contributed by atoms with van der Waals surface area (Å²) in [7, 11) is -3.91. The molecule has 8 heteroatoms. The number of nitrogens with two attached hydrogens (primary N) is 1. The molecule has 1 aliphatic carbocycles. The maximum Gasteiger partial charge on any atom is 0.262 e. The number of rotatable bonds is 4. The summed E-state index contributed by atoms with van der Waals surface area (Å²) in [6, 6.07) is 4.50. The fourth-order valence-corrected chi connectivity index (χ4v) is 5.60. The Morgan fingerprint density at radius 2 is 2.00 bits per heavy atom. The number of fused-ring (bicyclic) bond motifs is 1. The smallest absolute Gasteiger partial charge is 0.262 e. The number of halogens is 1. The molecule has 3 rings (SSSR count). The summed E-state index contributed by atoms with van der Waals surface area (Å²) in [6.07, 6.45) is 2.45. The summed E-state index contributed by atoms with van der Waals surface area (Å²) in [5.41, 5.74) is 6.58. The second-order valence-electron chi connectivity index (χ2n) is 5.98. The molecule has 1 aliphatic rings. The van der Waals surface area contributed by atoms with Gasteiger partial charge in [0.15, 0.2) is 0 Å². The van der Waals surface area contributed by atoms with Gasteiger partial charge in [0.05, 0.1) is 10.5 Å². The van der Waals surface area contributed by atoms with Gasteiger partial charge in [-0.05, 0) is 55.0 Å². The minimum Gasteiger partial charge on any atom is -0.365 e. The molecule has 1 aromatic heterocycles. The SMILES string of the molecule is CC1CCc2c(sc(NS(=O)(=O)c3ccc(F)cc3)c2C(N)=O)C1. The molecule has 0 aliphatic heterocycles. The van der Waals surface area contributed by atoms with Gasteiger partial charge in [-0.25, -0.2) is 12.8 Å². The predicted molar refractivity (Wildman–Crippen MR) is 91.2 cm³/mol. The Hall–Kier alpha value is -1.93. The molecule has 1 heterocycles. The molecule has 0 saturated carbocycles. The number of primary amides is 1. The van der Waals surface area contributed by atoms with Crippen LogP contribution in [0.2, 0.25) is 0 Å². The highest BCUT2D eigenvalue weighted by molar-refractivity contribution is 7.93. The monoisotopic (exact) mass is 368 g/mol. The molecule has 1 aromatic carbocycles. The van der Waals surface area contributed by atoms with E-state index in [2.05, 4.69) is 11.6 Å². The lowest BCUT2D eigenvalue weighted by Crippen LogP contribution is -2.19. The highest BCUT2D eigenvalue weighted by Gasteiger charge is 2.28. The van der Waals surface area contributed by atoms with Crippen molar-refractivity contribution in [2.75, 3.05) is 4.72 Å². The van der Waals surface area contributed by atoms with Crippen LogP contribution in [0.4, 0.5) is 9.39 Å². The van der Waals surface area contributed by atoms with Gasteiger partial charge in [0, 0.05) is 4.88 Å². The number of hydrogen-bond acceptors (Lipinski definition) is 4. The van der Waals surface area contributed by atoms with Crippen LogP contribution in [0.3, 0.4) is 0 Å². The number of carbonyl (C=O) groups excluding carboxylic acids is 1. The van der Waals surface area contributed by atoms with Gasteiger partial charge in [0.1, 0.15) is 10.8 Å². The molecule has 2 aromatic rings. The van der Waals surface area contributed by atoms with Crippen LogP contribution in [0, 0.1) is 11.7 Å². The van der Waals surface area contributed by atoms with Crippen LogP contribution < -0.4 is 10.5 Å². The summed E-state index contributed by atoms with van der Waals surface area (Å²) < 4.78 is 40.4. The highest BCUT2D eigenvalue weighted by atomic mass is 32.2. The van der Waals surface area contributed by atoms with E-state index in [4.69, 9.17) is 5.73 Å². The standard InChI is InChI=1S/C16H17FN2O3S2/c1-9-2-7-12-13(8-9)23-16(14(12)15(18)20)19-24(21,22)11-5-3-10(17)4-6-11/h3-6,9,19H,2,7-8H2,1H3,(H2,18,20). The second kappa shape index (κ2) is 6.18. The van der Waals surface area contributed by atoms with E-state index in [0.717, 1.165) is 35.4 Å². The predicted octanol–water partition coefficient (Wildman–Crippen LogP) is 2.91. The van der Waals surface area contributed by atoms with Crippen molar-refractivity contribution in [3.8, 4) is 0 Å². The van der Waals surface area contributed by atoms with Crippen LogP contribution in [-0.2, 0) is 22.9 Å². The Morgan fingerprint density at radius 1 is 1.33 bits per heavy atom. The van der Waals surface area contributed by atoms with Gasteiger partial charge < -0.3 is 5.73 Å². The molecule has 0 bridgehead atoms. The molecule has 24 heavy (non-hydrogen) atoms. The third-order valence-electron chi connectivity index (χ3n) is 4.11. The molecule has 1 unspecified atom stereocenters. The first-order valence-corrected chi connectivity index (χ1v) is 9.80. The zero-order valence-electron chi connectivity index (χ0n) is 13.0. The largest absolute Gasteiger partial charge is 0.365 e. The summed E-state index contributed by atoms with van der Waals surface area (Å²) in [4.78, 5) is 12.8. The first-order valence-electron chi connectivity index (χ1n) is 7.50. The van der Waals surface area contributed by atoms with Crippen LogP contribution in [-0.4, -0.2) is 14.3 Å². The lowest BCUT2D eigenvalue weighted by Gasteiger charge is -2.18. The summed E-state index contributed by atoms with van der Waals surface area (Å²) in [5, 5.41) is 0.242. The number of anilines is 1. The normalized spacial score (nSPS) is 17.3. The molecule has 5 nitrogen and oxygen atoms in total. The third kappa shape index (κ3) is 3.16. The van der Waals surface area contributed by atoms with Crippen molar-refractivity contribution in [2.45, 2.75) is 31.1 Å². The first-order chi connectivity index (χ1) is 11.3. The molecule has 0 radical (unpaired) electrons. The average molecular weight is 368 g/mol. The van der Waals surface area contributed by atoms with Crippen molar-refractivity contribution in [2.24, 2.45) is 11.7 Å². The van der Waals surface area contributed by atoms with E-state index in [1.54, 1.807) is 0 Å². The lowest BCUT2D eigenvalue weighted by atomic mass is 9.88. The molecule has 1 atom stereocenters. The maximum atomic E-state index is 13.0. The van der Waals surface area contributed by atoms with E-state index in [1.807, 2.05) is 0 Å². The number of sulfonamides is 1. The van der Waals surface area contributed by atoms with Gasteiger partial charge in [-0.3, -0.25) is 9.52 Å². The zero-order valence-corrected chi connectivity index (χ0v) is 14.6. The Bertz CT molecular complexity index is 889. The van der Waals surface area contributed by atoms with E-state index in [0.29, 0.717) is 12.3 Å². The van der Waals surface area contributed by atoms with Crippen molar-refractivity contribution in [1.29, 1.82) is 0 Å². The molecule has 0 fully saturated rings. The van der Waals surface area contributed by atoms with Crippen molar-refractivity contribution in [3.63, 3.8) is 0 Å². The molecular weight excluding hydrogens is 351 g/mol. The van der Waals surface area contributed by atoms with Crippen molar-refractivity contribution < 1.29 is 17.6 Å². The molecule has 0 spiro atoms.